The highest BCUT2D eigenvalue weighted by molar-refractivity contribution is 6.06. The average Bonchev–Trinajstić information content (AvgIpc) is 3.52. The molecule has 1 unspecified atom stereocenters. The smallest absolute Gasteiger partial charge is 0.244 e. The molecule has 0 saturated carbocycles. The Hall–Kier alpha value is -4.57. The van der Waals surface area contributed by atoms with Crippen LogP contribution in [0.3, 0.4) is 0 Å². The average molecular weight is 609 g/mol. The Kier molecular flexibility index (Phi) is 7.95. The molecule has 234 valence electrons. The fourth-order valence-corrected chi connectivity index (χ4v) is 7.17. The Balaban J connectivity index is 1.22. The van der Waals surface area contributed by atoms with Gasteiger partial charge in [-0.25, -0.2) is 4.98 Å². The number of likely N-dealkylation sites (tertiary alicyclic amines) is 1. The Morgan fingerprint density at radius 1 is 1.04 bits per heavy atom. The van der Waals surface area contributed by atoms with Crippen molar-refractivity contribution in [3.63, 3.8) is 0 Å². The van der Waals surface area contributed by atoms with E-state index in [4.69, 9.17) is 5.73 Å². The lowest BCUT2D eigenvalue weighted by Gasteiger charge is -2.40. The first-order valence-electron chi connectivity index (χ1n) is 15.5. The Morgan fingerprint density at radius 2 is 1.73 bits per heavy atom. The minimum absolute atomic E-state index is 0.00248. The zero-order valence-electron chi connectivity index (χ0n) is 26.1. The highest BCUT2D eigenvalue weighted by Gasteiger charge is 2.51. The number of amides is 4. The normalized spacial score (nSPS) is 19.6. The van der Waals surface area contributed by atoms with E-state index in [0.29, 0.717) is 56.8 Å². The van der Waals surface area contributed by atoms with Gasteiger partial charge in [-0.15, -0.1) is 0 Å². The van der Waals surface area contributed by atoms with E-state index in [1.807, 2.05) is 62.4 Å². The van der Waals surface area contributed by atoms with Crippen LogP contribution in [0, 0.1) is 12.3 Å². The zero-order valence-corrected chi connectivity index (χ0v) is 26.1. The minimum Gasteiger partial charge on any atom is -0.343 e. The largest absolute Gasteiger partial charge is 0.343 e. The van der Waals surface area contributed by atoms with E-state index >= 15 is 0 Å². The number of aromatic nitrogens is 1. The second-order valence-corrected chi connectivity index (χ2v) is 13.0. The van der Waals surface area contributed by atoms with Gasteiger partial charge in [0.2, 0.25) is 23.6 Å². The van der Waals surface area contributed by atoms with Crippen molar-refractivity contribution in [1.82, 2.24) is 14.8 Å². The van der Waals surface area contributed by atoms with Crippen molar-refractivity contribution in [2.45, 2.75) is 65.0 Å². The van der Waals surface area contributed by atoms with E-state index < -0.39 is 10.8 Å². The molecule has 6 rings (SSSR count). The number of nitrogens with zero attached hydrogens (tertiary/aromatic N) is 3. The summed E-state index contributed by atoms with van der Waals surface area (Å²) in [5.41, 5.74) is 11.0. The fourth-order valence-electron chi connectivity index (χ4n) is 7.17. The molecule has 45 heavy (non-hydrogen) atoms. The Bertz CT molecular complexity index is 1700. The lowest BCUT2D eigenvalue weighted by atomic mass is 9.78. The van der Waals surface area contributed by atoms with Crippen LogP contribution < -0.4 is 16.4 Å². The first-order chi connectivity index (χ1) is 21.5. The molecule has 10 heteroatoms. The van der Waals surface area contributed by atoms with Crippen molar-refractivity contribution < 1.29 is 19.2 Å². The van der Waals surface area contributed by atoms with Crippen LogP contribution >= 0.6 is 0 Å². The van der Waals surface area contributed by atoms with Gasteiger partial charge in [0.15, 0.2) is 0 Å². The van der Waals surface area contributed by atoms with Gasteiger partial charge in [-0.1, -0.05) is 43.3 Å². The lowest BCUT2D eigenvalue weighted by Crippen LogP contribution is -2.51. The maximum atomic E-state index is 14.2. The first-order valence-corrected chi connectivity index (χ1v) is 15.5. The number of rotatable bonds is 7. The van der Waals surface area contributed by atoms with Crippen LogP contribution in [-0.2, 0) is 50.5 Å². The number of carbonyl (C=O) groups excluding carboxylic acids is 4. The molecular weight excluding hydrogens is 568 g/mol. The summed E-state index contributed by atoms with van der Waals surface area (Å²) < 4.78 is 0. The molecular formula is C35H40N6O4. The number of anilines is 2. The molecule has 3 aromatic rings. The van der Waals surface area contributed by atoms with E-state index in [2.05, 4.69) is 15.6 Å². The van der Waals surface area contributed by atoms with Crippen LogP contribution in [0.5, 0.6) is 0 Å². The molecule has 1 saturated heterocycles. The minimum atomic E-state index is -0.700. The molecule has 4 N–H and O–H groups in total. The number of nitrogens with two attached hydrogens (primary N) is 1. The fraction of sp³-hybridized carbons (Fsp3) is 0.400. The maximum Gasteiger partial charge on any atom is 0.244 e. The summed E-state index contributed by atoms with van der Waals surface area (Å²) in [6.45, 7) is 6.87. The molecule has 1 fully saturated rings. The van der Waals surface area contributed by atoms with Gasteiger partial charge in [-0.05, 0) is 72.6 Å². The van der Waals surface area contributed by atoms with Crippen molar-refractivity contribution in [1.29, 1.82) is 0 Å². The number of fused-ring (bicyclic) bond motifs is 3. The third kappa shape index (κ3) is 5.59. The molecule has 3 aliphatic rings. The molecule has 0 bridgehead atoms. The molecule has 2 aliphatic heterocycles. The van der Waals surface area contributed by atoms with Gasteiger partial charge < -0.3 is 26.2 Å². The van der Waals surface area contributed by atoms with Gasteiger partial charge in [0.25, 0.3) is 0 Å². The molecule has 3 heterocycles. The van der Waals surface area contributed by atoms with Gasteiger partial charge in [0.05, 0.1) is 5.41 Å². The van der Waals surface area contributed by atoms with Gasteiger partial charge in [-0.3, -0.25) is 19.2 Å². The molecule has 1 aromatic heterocycles. The number of benzene rings is 2. The van der Waals surface area contributed by atoms with Gasteiger partial charge in [-0.2, -0.15) is 0 Å². The third-order valence-electron chi connectivity index (χ3n) is 9.94. The van der Waals surface area contributed by atoms with Crippen molar-refractivity contribution in [2.75, 3.05) is 30.3 Å². The molecule has 1 aliphatic carbocycles. The highest BCUT2D eigenvalue weighted by atomic mass is 16.2. The number of nitrogens with one attached hydrogen (secondary N) is 2. The summed E-state index contributed by atoms with van der Waals surface area (Å²) in [6.07, 6.45) is 3.83. The predicted octanol–water partition coefficient (Wildman–Crippen LogP) is 3.45. The molecule has 10 nitrogen and oxygen atoms in total. The molecule has 0 radical (unpaired) electrons. The summed E-state index contributed by atoms with van der Waals surface area (Å²) >= 11 is 0. The van der Waals surface area contributed by atoms with E-state index in [1.54, 1.807) is 22.9 Å². The second kappa shape index (κ2) is 11.7. The van der Waals surface area contributed by atoms with Crippen molar-refractivity contribution in [3.05, 3.63) is 88.1 Å². The second-order valence-electron chi connectivity index (χ2n) is 13.0. The van der Waals surface area contributed by atoms with Crippen LogP contribution in [0.1, 0.15) is 60.1 Å². The lowest BCUT2D eigenvalue weighted by molar-refractivity contribution is -0.148. The Labute approximate surface area is 263 Å². The maximum absolute atomic E-state index is 14.2. The SMILES string of the molecule is CC(=O)N1CCC(C)(C(=O)N(CC(=O)Nc2cc3c(cc2C)CC2(C3)C(=O)Nc3ncccc32)Cc2ccccc2CN)CC1. The van der Waals surface area contributed by atoms with Gasteiger partial charge >= 0.3 is 0 Å². The number of hydrogen-bond acceptors (Lipinski definition) is 6. The molecule has 1 atom stereocenters. The van der Waals surface area contributed by atoms with Crippen LogP contribution in [-0.4, -0.2) is 58.0 Å². The van der Waals surface area contributed by atoms with Crippen LogP contribution in [0.2, 0.25) is 0 Å². The summed E-state index contributed by atoms with van der Waals surface area (Å²) in [5.74, 6) is 0.150. The molecule has 1 spiro atoms. The summed E-state index contributed by atoms with van der Waals surface area (Å²) in [7, 11) is 0. The van der Waals surface area contributed by atoms with Crippen LogP contribution in [0.25, 0.3) is 0 Å². The van der Waals surface area contributed by atoms with E-state index in [1.165, 1.54) is 0 Å². The first kappa shape index (κ1) is 30.5. The van der Waals surface area contributed by atoms with Crippen molar-refractivity contribution in [3.8, 4) is 0 Å². The monoisotopic (exact) mass is 608 g/mol. The van der Waals surface area contributed by atoms with Gasteiger partial charge in [0.1, 0.15) is 12.4 Å². The van der Waals surface area contributed by atoms with E-state index in [-0.39, 0.29) is 36.7 Å². The summed E-state index contributed by atoms with van der Waals surface area (Å²) in [6, 6.07) is 15.5. The zero-order chi connectivity index (χ0) is 31.9. The molecule has 2 aromatic carbocycles. The topological polar surface area (TPSA) is 138 Å². The predicted molar refractivity (Wildman–Crippen MR) is 171 cm³/mol. The number of carbonyl (C=O) groups is 4. The number of pyridine rings is 1. The van der Waals surface area contributed by atoms with Crippen LogP contribution in [0.4, 0.5) is 11.5 Å². The summed E-state index contributed by atoms with van der Waals surface area (Å²) in [4.78, 5) is 60.7. The highest BCUT2D eigenvalue weighted by Crippen LogP contribution is 2.47. The van der Waals surface area contributed by atoms with Gasteiger partial charge in [0, 0.05) is 56.0 Å². The quantitative estimate of drug-likeness (QED) is 0.376. The number of aryl methyl sites for hydroxylation is 1. The summed E-state index contributed by atoms with van der Waals surface area (Å²) in [5, 5.41) is 6.00. The Morgan fingerprint density at radius 3 is 2.42 bits per heavy atom. The van der Waals surface area contributed by atoms with Crippen molar-refractivity contribution >= 4 is 35.1 Å². The van der Waals surface area contributed by atoms with E-state index in [9.17, 15) is 19.2 Å². The molecule has 4 amide bonds. The van der Waals surface area contributed by atoms with E-state index in [0.717, 1.165) is 33.4 Å². The number of piperidine rings is 1. The number of hydrogen-bond donors (Lipinski definition) is 3. The third-order valence-corrected chi connectivity index (χ3v) is 9.94. The van der Waals surface area contributed by atoms with Crippen molar-refractivity contribution in [2.24, 2.45) is 11.1 Å². The van der Waals surface area contributed by atoms with Crippen LogP contribution in [0.15, 0.2) is 54.7 Å². The standard InChI is InChI=1S/C35H40N6O4/c1-22-15-26-17-35(28-9-6-12-37-31(28)39-32(35)44)18-27(26)16-29(22)38-30(43)21-41(20-25-8-5-4-7-24(25)19-36)33(45)34(3)10-13-40(14-11-34)23(2)42/h4-9,12,15-16H,10-11,13-14,17-21,36H2,1-3H3,(H,38,43)(H,37,39,44).